The monoisotopic (exact) mass is 257 g/mol. The lowest BCUT2D eigenvalue weighted by Crippen LogP contribution is -2.30. The number of aliphatic hydroxyl groups excluding tert-OH is 1. The van der Waals surface area contributed by atoms with Crippen molar-refractivity contribution in [3.8, 4) is 0 Å². The molecule has 17 heavy (non-hydrogen) atoms. The normalized spacial score (nSPS) is 13.9. The predicted octanol–water partition coefficient (Wildman–Crippen LogP) is 1.77. The van der Waals surface area contributed by atoms with E-state index in [1.54, 1.807) is 19.1 Å². The van der Waals surface area contributed by atoms with Crippen LogP contribution in [0, 0.1) is 0 Å². The summed E-state index contributed by atoms with van der Waals surface area (Å²) in [4.78, 5) is 0.269. The van der Waals surface area contributed by atoms with Crippen molar-refractivity contribution in [2.45, 2.75) is 31.8 Å². The lowest BCUT2D eigenvalue weighted by atomic mass is 10.1. The fraction of sp³-hybridized carbons (Fsp3) is 0.500. The first-order valence-corrected chi connectivity index (χ1v) is 7.15. The van der Waals surface area contributed by atoms with Gasteiger partial charge in [0.1, 0.15) is 0 Å². The van der Waals surface area contributed by atoms with Crippen molar-refractivity contribution in [3.05, 3.63) is 29.8 Å². The molecular weight excluding hydrogens is 238 g/mol. The molecule has 1 aromatic rings. The summed E-state index contributed by atoms with van der Waals surface area (Å²) in [5.74, 6) is 0. The highest BCUT2D eigenvalue weighted by Gasteiger charge is 2.21. The molecule has 0 amide bonds. The number of hydrogen-bond acceptors (Lipinski definition) is 3. The van der Waals surface area contributed by atoms with E-state index in [0.717, 1.165) is 0 Å². The molecule has 0 saturated carbocycles. The first-order chi connectivity index (χ1) is 7.93. The Morgan fingerprint density at radius 1 is 1.18 bits per heavy atom. The van der Waals surface area contributed by atoms with E-state index in [9.17, 15) is 13.5 Å². The van der Waals surface area contributed by atoms with Crippen LogP contribution in [0.15, 0.2) is 29.2 Å². The Kier molecular flexibility index (Phi) is 4.68. The topological polar surface area (TPSA) is 57.6 Å². The Balaban J connectivity index is 3.08. The zero-order valence-electron chi connectivity index (χ0n) is 10.4. The second kappa shape index (κ2) is 5.62. The average molecular weight is 257 g/mol. The van der Waals surface area contributed by atoms with E-state index < -0.39 is 16.1 Å². The molecule has 0 fully saturated rings. The summed E-state index contributed by atoms with van der Waals surface area (Å²) in [5, 5.41) is 9.36. The summed E-state index contributed by atoms with van der Waals surface area (Å²) in [5.41, 5.74) is 0.712. The van der Waals surface area contributed by atoms with Gasteiger partial charge in [0.2, 0.25) is 10.0 Å². The molecule has 0 aliphatic heterocycles. The highest BCUT2D eigenvalue weighted by atomic mass is 32.2. The van der Waals surface area contributed by atoms with Crippen molar-refractivity contribution in [2.24, 2.45) is 0 Å². The van der Waals surface area contributed by atoms with Crippen LogP contribution in [0.1, 0.15) is 32.4 Å². The van der Waals surface area contributed by atoms with Gasteiger partial charge in [-0.05, 0) is 24.6 Å². The van der Waals surface area contributed by atoms with Gasteiger partial charge in [-0.3, -0.25) is 0 Å². The van der Waals surface area contributed by atoms with Gasteiger partial charge in [0, 0.05) is 13.1 Å². The van der Waals surface area contributed by atoms with E-state index >= 15 is 0 Å². The van der Waals surface area contributed by atoms with E-state index in [1.165, 1.54) is 16.4 Å². The first kappa shape index (κ1) is 14.2. The van der Waals surface area contributed by atoms with E-state index in [1.807, 2.05) is 13.8 Å². The van der Waals surface area contributed by atoms with E-state index in [-0.39, 0.29) is 4.90 Å². The minimum Gasteiger partial charge on any atom is -0.389 e. The highest BCUT2D eigenvalue weighted by Crippen LogP contribution is 2.18. The van der Waals surface area contributed by atoms with Gasteiger partial charge in [-0.15, -0.1) is 0 Å². The Hall–Kier alpha value is -0.910. The molecular formula is C12H19NO3S. The van der Waals surface area contributed by atoms with Crippen molar-refractivity contribution in [1.29, 1.82) is 0 Å². The van der Waals surface area contributed by atoms with E-state index in [2.05, 4.69) is 0 Å². The van der Waals surface area contributed by atoms with Gasteiger partial charge < -0.3 is 5.11 Å². The zero-order chi connectivity index (χ0) is 13.1. The van der Waals surface area contributed by atoms with Crippen LogP contribution < -0.4 is 0 Å². The molecule has 0 aliphatic carbocycles. The minimum atomic E-state index is -3.39. The standard InChI is InChI=1S/C12H19NO3S/c1-4-13(5-2)17(15,16)12-8-6-11(7-9-12)10(3)14/h6-10,14H,4-5H2,1-3H3. The second-order valence-corrected chi connectivity index (χ2v) is 5.77. The van der Waals surface area contributed by atoms with Crippen LogP contribution in [0.3, 0.4) is 0 Å². The van der Waals surface area contributed by atoms with Crippen molar-refractivity contribution < 1.29 is 13.5 Å². The molecule has 1 unspecified atom stereocenters. The molecule has 4 nitrogen and oxygen atoms in total. The van der Waals surface area contributed by atoms with E-state index in [0.29, 0.717) is 18.7 Å². The Morgan fingerprint density at radius 3 is 2.00 bits per heavy atom. The van der Waals surface area contributed by atoms with Gasteiger partial charge in [0.25, 0.3) is 0 Å². The SMILES string of the molecule is CCN(CC)S(=O)(=O)c1ccc(C(C)O)cc1. The molecule has 1 aromatic carbocycles. The fourth-order valence-electron chi connectivity index (χ4n) is 1.63. The van der Waals surface area contributed by atoms with E-state index in [4.69, 9.17) is 0 Å². The minimum absolute atomic E-state index is 0.269. The van der Waals surface area contributed by atoms with Crippen molar-refractivity contribution in [2.75, 3.05) is 13.1 Å². The third-order valence-corrected chi connectivity index (χ3v) is 4.77. The molecule has 5 heteroatoms. The summed E-state index contributed by atoms with van der Waals surface area (Å²) in [7, 11) is -3.39. The lowest BCUT2D eigenvalue weighted by molar-refractivity contribution is 0.199. The number of hydrogen-bond donors (Lipinski definition) is 1. The highest BCUT2D eigenvalue weighted by molar-refractivity contribution is 7.89. The summed E-state index contributed by atoms with van der Waals surface area (Å²) in [6.07, 6.45) is -0.583. The number of sulfonamides is 1. The maximum absolute atomic E-state index is 12.1. The first-order valence-electron chi connectivity index (χ1n) is 5.71. The summed E-state index contributed by atoms with van der Waals surface area (Å²) in [6, 6.07) is 6.35. The number of rotatable bonds is 5. The Bertz CT molecular complexity index is 447. The molecule has 1 atom stereocenters. The molecule has 0 spiro atoms. The predicted molar refractivity (Wildman–Crippen MR) is 67.2 cm³/mol. The van der Waals surface area contributed by atoms with Crippen molar-refractivity contribution in [3.63, 3.8) is 0 Å². The summed E-state index contributed by atoms with van der Waals surface area (Å²) < 4.78 is 25.7. The third kappa shape index (κ3) is 3.06. The molecule has 0 aliphatic rings. The molecule has 0 bridgehead atoms. The molecule has 96 valence electrons. The number of benzene rings is 1. The van der Waals surface area contributed by atoms with Crippen LogP contribution in [0.2, 0.25) is 0 Å². The van der Waals surface area contributed by atoms with Crippen molar-refractivity contribution >= 4 is 10.0 Å². The number of nitrogens with zero attached hydrogens (tertiary/aromatic N) is 1. The molecule has 1 N–H and O–H groups in total. The van der Waals surface area contributed by atoms with Gasteiger partial charge in [0.15, 0.2) is 0 Å². The zero-order valence-corrected chi connectivity index (χ0v) is 11.2. The summed E-state index contributed by atoms with van der Waals surface area (Å²) in [6.45, 7) is 6.18. The number of aliphatic hydroxyl groups is 1. The maximum Gasteiger partial charge on any atom is 0.243 e. The van der Waals surface area contributed by atoms with Crippen LogP contribution in [-0.2, 0) is 10.0 Å². The van der Waals surface area contributed by atoms with Crippen LogP contribution >= 0.6 is 0 Å². The van der Waals surface area contributed by atoms with Crippen LogP contribution in [0.5, 0.6) is 0 Å². The quantitative estimate of drug-likeness (QED) is 0.874. The fourth-order valence-corrected chi connectivity index (χ4v) is 3.09. The van der Waals surface area contributed by atoms with Gasteiger partial charge in [-0.1, -0.05) is 26.0 Å². The Labute approximate surface area is 103 Å². The smallest absolute Gasteiger partial charge is 0.243 e. The Morgan fingerprint density at radius 2 is 1.65 bits per heavy atom. The van der Waals surface area contributed by atoms with Gasteiger partial charge in [-0.25, -0.2) is 8.42 Å². The lowest BCUT2D eigenvalue weighted by Gasteiger charge is -2.18. The summed E-state index contributed by atoms with van der Waals surface area (Å²) >= 11 is 0. The van der Waals surface area contributed by atoms with Gasteiger partial charge >= 0.3 is 0 Å². The van der Waals surface area contributed by atoms with Gasteiger partial charge in [-0.2, -0.15) is 4.31 Å². The average Bonchev–Trinajstić information content (AvgIpc) is 2.30. The molecule has 0 radical (unpaired) electrons. The molecule has 0 saturated heterocycles. The molecule has 0 aromatic heterocycles. The third-order valence-electron chi connectivity index (χ3n) is 2.71. The van der Waals surface area contributed by atoms with Crippen LogP contribution in [0.25, 0.3) is 0 Å². The van der Waals surface area contributed by atoms with Crippen LogP contribution in [0.4, 0.5) is 0 Å². The maximum atomic E-state index is 12.1. The van der Waals surface area contributed by atoms with Crippen molar-refractivity contribution in [1.82, 2.24) is 4.31 Å². The second-order valence-electron chi connectivity index (χ2n) is 3.83. The van der Waals surface area contributed by atoms with Crippen LogP contribution in [-0.4, -0.2) is 30.9 Å². The molecule has 0 heterocycles. The molecule has 1 rings (SSSR count). The largest absolute Gasteiger partial charge is 0.389 e. The van der Waals surface area contributed by atoms with Gasteiger partial charge in [0.05, 0.1) is 11.0 Å².